The number of nitrogens with zero attached hydrogens (tertiary/aromatic N) is 2. The van der Waals surface area contributed by atoms with Gasteiger partial charge in [0, 0.05) is 18.3 Å². The van der Waals surface area contributed by atoms with E-state index in [1.807, 2.05) is 54.2 Å². The lowest BCUT2D eigenvalue weighted by molar-refractivity contribution is 0.248. The normalized spacial score (nSPS) is 11.7. The Morgan fingerprint density at radius 3 is 2.35 bits per heavy atom. The Bertz CT molecular complexity index is 814. The van der Waals surface area contributed by atoms with Crippen LogP contribution in [0, 0.1) is 0 Å². The number of aryl methyl sites for hydroxylation is 1. The number of rotatable bonds is 7. The van der Waals surface area contributed by atoms with Gasteiger partial charge in [-0.05, 0) is 30.9 Å². The maximum Gasteiger partial charge on any atom is 0.320 e. The van der Waals surface area contributed by atoms with Crippen LogP contribution in [0.3, 0.4) is 0 Å². The van der Waals surface area contributed by atoms with Gasteiger partial charge in [-0.1, -0.05) is 60.7 Å². The molecule has 2 aromatic carbocycles. The van der Waals surface area contributed by atoms with Crippen LogP contribution in [0.5, 0.6) is 0 Å². The summed E-state index contributed by atoms with van der Waals surface area (Å²) in [5.41, 5.74) is 2.45. The smallest absolute Gasteiger partial charge is 0.320 e. The minimum Gasteiger partial charge on any atom is -0.335 e. The second-order valence-corrected chi connectivity index (χ2v) is 6.41. The lowest BCUT2D eigenvalue weighted by atomic mass is 10.1. The van der Waals surface area contributed by atoms with Gasteiger partial charge in [-0.25, -0.2) is 4.79 Å². The zero-order chi connectivity index (χ0) is 18.2. The Hall–Kier alpha value is -3.08. The van der Waals surface area contributed by atoms with Gasteiger partial charge >= 0.3 is 6.03 Å². The number of hydrogen-bond acceptors (Lipinski definition) is 2. The fourth-order valence-corrected chi connectivity index (χ4v) is 2.76. The molecular weight excluding hydrogens is 324 g/mol. The SMILES string of the molecule is CC(CCc1ccccc1)NC(=O)Nc1ccn(Cc2ccccc2)n1. The number of hydrogen-bond donors (Lipinski definition) is 2. The van der Waals surface area contributed by atoms with Crippen molar-refractivity contribution in [3.63, 3.8) is 0 Å². The molecular formula is C21H24N4O. The van der Waals surface area contributed by atoms with Gasteiger partial charge in [-0.2, -0.15) is 5.10 Å². The minimum atomic E-state index is -0.226. The first kappa shape index (κ1) is 17.7. The predicted octanol–water partition coefficient (Wildman–Crippen LogP) is 4.07. The zero-order valence-corrected chi connectivity index (χ0v) is 14.9. The van der Waals surface area contributed by atoms with E-state index in [9.17, 15) is 4.79 Å². The van der Waals surface area contributed by atoms with Gasteiger partial charge in [0.2, 0.25) is 0 Å². The van der Waals surface area contributed by atoms with Crippen LogP contribution in [0.15, 0.2) is 72.9 Å². The molecule has 1 aromatic heterocycles. The molecule has 3 rings (SSSR count). The van der Waals surface area contributed by atoms with E-state index in [2.05, 4.69) is 40.0 Å². The van der Waals surface area contributed by atoms with Crippen molar-refractivity contribution >= 4 is 11.8 Å². The highest BCUT2D eigenvalue weighted by Crippen LogP contribution is 2.07. The maximum absolute atomic E-state index is 12.1. The first-order chi connectivity index (χ1) is 12.7. The first-order valence-corrected chi connectivity index (χ1v) is 8.88. The van der Waals surface area contributed by atoms with Crippen LogP contribution in [-0.2, 0) is 13.0 Å². The molecule has 0 radical (unpaired) electrons. The molecule has 0 saturated carbocycles. The van der Waals surface area contributed by atoms with Crippen LogP contribution in [0.4, 0.5) is 10.6 Å². The van der Waals surface area contributed by atoms with Crippen molar-refractivity contribution in [1.82, 2.24) is 15.1 Å². The molecule has 0 spiro atoms. The van der Waals surface area contributed by atoms with Gasteiger partial charge in [0.15, 0.2) is 5.82 Å². The Kier molecular flexibility index (Phi) is 6.04. The van der Waals surface area contributed by atoms with Crippen LogP contribution in [0.2, 0.25) is 0 Å². The Balaban J connectivity index is 1.44. The van der Waals surface area contributed by atoms with Crippen molar-refractivity contribution in [2.75, 3.05) is 5.32 Å². The fourth-order valence-electron chi connectivity index (χ4n) is 2.76. The molecule has 1 atom stereocenters. The first-order valence-electron chi connectivity index (χ1n) is 8.88. The Labute approximate surface area is 154 Å². The van der Waals surface area contributed by atoms with Crippen LogP contribution in [0.25, 0.3) is 0 Å². The number of carbonyl (C=O) groups excluding carboxylic acids is 1. The van der Waals surface area contributed by atoms with Crippen LogP contribution >= 0.6 is 0 Å². The van der Waals surface area contributed by atoms with Gasteiger partial charge < -0.3 is 5.32 Å². The van der Waals surface area contributed by atoms with Crippen molar-refractivity contribution in [3.8, 4) is 0 Å². The lowest BCUT2D eigenvalue weighted by Gasteiger charge is -2.14. The standard InChI is InChI=1S/C21H24N4O/c1-17(12-13-18-8-4-2-5-9-18)22-21(26)23-20-14-15-25(24-20)16-19-10-6-3-7-11-19/h2-11,14-15,17H,12-13,16H2,1H3,(H2,22,23,24,26). The predicted molar refractivity (Wildman–Crippen MR) is 104 cm³/mol. The number of amides is 2. The molecule has 3 aromatic rings. The second kappa shape index (κ2) is 8.85. The van der Waals surface area contributed by atoms with Gasteiger partial charge in [-0.15, -0.1) is 0 Å². The number of aromatic nitrogens is 2. The average molecular weight is 348 g/mol. The summed E-state index contributed by atoms with van der Waals surface area (Å²) in [6.07, 6.45) is 3.69. The summed E-state index contributed by atoms with van der Waals surface area (Å²) >= 11 is 0. The highest BCUT2D eigenvalue weighted by molar-refractivity contribution is 5.88. The lowest BCUT2D eigenvalue weighted by Crippen LogP contribution is -2.36. The molecule has 5 nitrogen and oxygen atoms in total. The molecule has 2 amide bonds. The Morgan fingerprint density at radius 2 is 1.65 bits per heavy atom. The Morgan fingerprint density at radius 1 is 1.00 bits per heavy atom. The van der Waals surface area contributed by atoms with Gasteiger partial charge in [-0.3, -0.25) is 10.00 Å². The van der Waals surface area contributed by atoms with E-state index in [1.165, 1.54) is 11.1 Å². The average Bonchev–Trinajstić information content (AvgIpc) is 3.08. The fraction of sp³-hybridized carbons (Fsp3) is 0.238. The molecule has 26 heavy (non-hydrogen) atoms. The van der Waals surface area contributed by atoms with Gasteiger partial charge in [0.1, 0.15) is 0 Å². The number of urea groups is 1. The molecule has 0 aliphatic rings. The van der Waals surface area contributed by atoms with Crippen LogP contribution < -0.4 is 10.6 Å². The topological polar surface area (TPSA) is 59.0 Å². The molecule has 1 unspecified atom stereocenters. The third-order valence-electron chi connectivity index (χ3n) is 4.16. The van der Waals surface area contributed by atoms with Crippen molar-refractivity contribution in [3.05, 3.63) is 84.1 Å². The summed E-state index contributed by atoms with van der Waals surface area (Å²) in [7, 11) is 0. The van der Waals surface area contributed by atoms with Gasteiger partial charge in [0.25, 0.3) is 0 Å². The number of nitrogens with one attached hydrogen (secondary N) is 2. The van der Waals surface area contributed by atoms with Crippen molar-refractivity contribution in [1.29, 1.82) is 0 Å². The number of carbonyl (C=O) groups is 1. The number of anilines is 1. The van der Waals surface area contributed by atoms with Crippen LogP contribution in [-0.4, -0.2) is 21.9 Å². The van der Waals surface area contributed by atoms with Gasteiger partial charge in [0.05, 0.1) is 6.54 Å². The zero-order valence-electron chi connectivity index (χ0n) is 14.9. The maximum atomic E-state index is 12.1. The molecule has 0 fully saturated rings. The third-order valence-corrected chi connectivity index (χ3v) is 4.16. The quantitative estimate of drug-likeness (QED) is 0.676. The largest absolute Gasteiger partial charge is 0.335 e. The molecule has 2 N–H and O–H groups in total. The molecule has 0 saturated heterocycles. The molecule has 1 heterocycles. The molecule has 5 heteroatoms. The van der Waals surface area contributed by atoms with E-state index in [4.69, 9.17) is 0 Å². The van der Waals surface area contributed by atoms with E-state index in [1.54, 1.807) is 6.07 Å². The summed E-state index contributed by atoms with van der Waals surface area (Å²) in [6, 6.07) is 22.0. The summed E-state index contributed by atoms with van der Waals surface area (Å²) in [6.45, 7) is 2.69. The summed E-state index contributed by atoms with van der Waals surface area (Å²) < 4.78 is 1.81. The number of benzene rings is 2. The van der Waals surface area contributed by atoms with Crippen LogP contribution in [0.1, 0.15) is 24.5 Å². The minimum absolute atomic E-state index is 0.0848. The van der Waals surface area contributed by atoms with E-state index >= 15 is 0 Å². The summed E-state index contributed by atoms with van der Waals surface area (Å²) in [5, 5.41) is 10.1. The van der Waals surface area contributed by atoms with E-state index in [-0.39, 0.29) is 12.1 Å². The monoisotopic (exact) mass is 348 g/mol. The summed E-state index contributed by atoms with van der Waals surface area (Å²) in [4.78, 5) is 12.1. The highest BCUT2D eigenvalue weighted by atomic mass is 16.2. The van der Waals surface area contributed by atoms with Crippen molar-refractivity contribution in [2.45, 2.75) is 32.4 Å². The van der Waals surface area contributed by atoms with Crippen molar-refractivity contribution in [2.24, 2.45) is 0 Å². The molecule has 0 aliphatic carbocycles. The van der Waals surface area contributed by atoms with Crippen molar-refractivity contribution < 1.29 is 4.79 Å². The van der Waals surface area contributed by atoms with E-state index < -0.39 is 0 Å². The van der Waals surface area contributed by atoms with E-state index in [0.717, 1.165) is 12.8 Å². The molecule has 0 aliphatic heterocycles. The highest BCUT2D eigenvalue weighted by Gasteiger charge is 2.09. The third kappa shape index (κ3) is 5.48. The van der Waals surface area contributed by atoms with E-state index in [0.29, 0.717) is 12.4 Å². The summed E-state index contributed by atoms with van der Waals surface area (Å²) in [5.74, 6) is 0.550. The second-order valence-electron chi connectivity index (χ2n) is 6.41. The molecule has 134 valence electrons. The molecule has 0 bridgehead atoms.